The van der Waals surface area contributed by atoms with Crippen LogP contribution in [0.4, 0.5) is 4.39 Å². The Hall–Kier alpha value is -0.940. The Morgan fingerprint density at radius 2 is 2.22 bits per heavy atom. The van der Waals surface area contributed by atoms with E-state index < -0.39 is 22.8 Å². The topological polar surface area (TPSA) is 35.5 Å². The Morgan fingerprint density at radius 3 is 2.78 bits per heavy atom. The van der Waals surface area contributed by atoms with Gasteiger partial charge in [0.05, 0.1) is 11.7 Å². The van der Waals surface area contributed by atoms with Gasteiger partial charge >= 0.3 is 5.97 Å². The zero-order chi connectivity index (χ0) is 13.2. The van der Waals surface area contributed by atoms with Gasteiger partial charge in [-0.25, -0.2) is 9.18 Å². The molecule has 1 aromatic carbocycles. The van der Waals surface area contributed by atoms with E-state index in [2.05, 4.69) is 15.9 Å². The fourth-order valence-corrected chi connectivity index (χ4v) is 2.31. The second-order valence-corrected chi connectivity index (χ2v) is 5.35. The van der Waals surface area contributed by atoms with Gasteiger partial charge in [-0.15, -0.1) is 0 Å². The molecule has 1 aliphatic rings. The normalized spacial score (nSPS) is 31.3. The van der Waals surface area contributed by atoms with Crippen LogP contribution in [0.25, 0.3) is 0 Å². The standard InChI is InChI=1S/C13H14BrFO3/c1-13(15)7-10(18-12(13)14)8-17-11(16)9-5-3-2-4-6-9/h2-6,10,12H,7-8H2,1H3/t10?,12?,13-/m1/s1. The van der Waals surface area contributed by atoms with E-state index >= 15 is 0 Å². The zero-order valence-electron chi connectivity index (χ0n) is 9.94. The summed E-state index contributed by atoms with van der Waals surface area (Å²) in [5.74, 6) is -0.419. The van der Waals surface area contributed by atoms with Gasteiger partial charge in [0.25, 0.3) is 0 Å². The van der Waals surface area contributed by atoms with Gasteiger partial charge < -0.3 is 9.47 Å². The molecule has 18 heavy (non-hydrogen) atoms. The molecule has 0 amide bonds. The number of rotatable bonds is 3. The molecule has 0 aliphatic carbocycles. The molecule has 0 aromatic heterocycles. The summed E-state index contributed by atoms with van der Waals surface area (Å²) in [7, 11) is 0. The van der Waals surface area contributed by atoms with Crippen LogP contribution in [0.5, 0.6) is 0 Å². The number of hydrogen-bond acceptors (Lipinski definition) is 3. The average Bonchev–Trinajstić information content (AvgIpc) is 2.61. The number of benzene rings is 1. The van der Waals surface area contributed by atoms with Crippen LogP contribution in [0, 0.1) is 0 Å². The van der Waals surface area contributed by atoms with E-state index in [1.54, 1.807) is 24.3 Å². The molecule has 1 aromatic rings. The van der Waals surface area contributed by atoms with Gasteiger partial charge in [-0.05, 0) is 19.1 Å². The third-order valence-electron chi connectivity index (χ3n) is 2.82. The van der Waals surface area contributed by atoms with Crippen LogP contribution in [0.3, 0.4) is 0 Å². The summed E-state index contributed by atoms with van der Waals surface area (Å²) in [4.78, 5) is 11.7. The average molecular weight is 317 g/mol. The molecule has 98 valence electrons. The van der Waals surface area contributed by atoms with Crippen molar-refractivity contribution in [1.29, 1.82) is 0 Å². The fourth-order valence-electron chi connectivity index (χ4n) is 1.82. The third kappa shape index (κ3) is 3.09. The molecule has 5 heteroatoms. The molecule has 2 rings (SSSR count). The lowest BCUT2D eigenvalue weighted by Gasteiger charge is -2.13. The van der Waals surface area contributed by atoms with Crippen molar-refractivity contribution in [2.75, 3.05) is 6.61 Å². The van der Waals surface area contributed by atoms with Gasteiger partial charge in [0.2, 0.25) is 0 Å². The summed E-state index contributed by atoms with van der Waals surface area (Å²) >= 11 is 3.11. The summed E-state index contributed by atoms with van der Waals surface area (Å²) < 4.78 is 24.2. The first-order chi connectivity index (χ1) is 8.49. The minimum atomic E-state index is -1.43. The summed E-state index contributed by atoms with van der Waals surface area (Å²) in [5.41, 5.74) is -0.946. The molecule has 0 N–H and O–H groups in total. The van der Waals surface area contributed by atoms with Crippen molar-refractivity contribution < 1.29 is 18.7 Å². The van der Waals surface area contributed by atoms with Crippen molar-refractivity contribution in [2.24, 2.45) is 0 Å². The Labute approximate surface area is 113 Å². The Morgan fingerprint density at radius 1 is 1.56 bits per heavy atom. The van der Waals surface area contributed by atoms with Gasteiger partial charge in [-0.1, -0.05) is 34.1 Å². The summed E-state index contributed by atoms with van der Waals surface area (Å²) in [6.45, 7) is 1.53. The van der Waals surface area contributed by atoms with Gasteiger partial charge in [-0.3, -0.25) is 0 Å². The first kappa shape index (κ1) is 13.5. The number of carbonyl (C=O) groups excluding carboxylic acids is 1. The van der Waals surface area contributed by atoms with Crippen LogP contribution in [0.15, 0.2) is 30.3 Å². The molecule has 3 nitrogen and oxygen atoms in total. The number of alkyl halides is 2. The van der Waals surface area contributed by atoms with Crippen molar-refractivity contribution in [2.45, 2.75) is 30.1 Å². The van der Waals surface area contributed by atoms with Crippen molar-refractivity contribution in [1.82, 2.24) is 0 Å². The van der Waals surface area contributed by atoms with Gasteiger partial charge in [-0.2, -0.15) is 0 Å². The molecule has 1 fully saturated rings. The molecule has 0 radical (unpaired) electrons. The van der Waals surface area contributed by atoms with E-state index in [0.29, 0.717) is 5.56 Å². The molecular formula is C13H14BrFO3. The Kier molecular flexibility index (Phi) is 4.02. The lowest BCUT2D eigenvalue weighted by atomic mass is 10.1. The zero-order valence-corrected chi connectivity index (χ0v) is 11.5. The lowest BCUT2D eigenvalue weighted by Crippen LogP contribution is -2.24. The highest BCUT2D eigenvalue weighted by Gasteiger charge is 2.44. The molecule has 1 aliphatic heterocycles. The van der Waals surface area contributed by atoms with Crippen molar-refractivity contribution in [3.8, 4) is 0 Å². The molecular weight excluding hydrogens is 303 g/mol. The van der Waals surface area contributed by atoms with E-state index in [1.165, 1.54) is 6.92 Å². The summed E-state index contributed by atoms with van der Waals surface area (Å²) in [6.07, 6.45) is -0.192. The predicted octanol–water partition coefficient (Wildman–Crippen LogP) is 3.08. The highest BCUT2D eigenvalue weighted by atomic mass is 79.9. The maximum absolute atomic E-state index is 13.8. The fraction of sp³-hybridized carbons (Fsp3) is 0.462. The maximum atomic E-state index is 13.8. The Balaban J connectivity index is 1.85. The largest absolute Gasteiger partial charge is 0.459 e. The van der Waals surface area contributed by atoms with E-state index in [1.807, 2.05) is 6.07 Å². The quantitative estimate of drug-likeness (QED) is 0.635. The summed E-state index contributed by atoms with van der Waals surface area (Å²) in [6, 6.07) is 8.68. The maximum Gasteiger partial charge on any atom is 0.338 e. The second-order valence-electron chi connectivity index (χ2n) is 4.52. The van der Waals surface area contributed by atoms with Gasteiger partial charge in [0.15, 0.2) is 0 Å². The molecule has 2 unspecified atom stereocenters. The van der Waals surface area contributed by atoms with E-state index in [0.717, 1.165) is 0 Å². The smallest absolute Gasteiger partial charge is 0.338 e. The molecule has 1 saturated heterocycles. The molecule has 3 atom stereocenters. The van der Waals surface area contributed by atoms with Crippen LogP contribution in [0.2, 0.25) is 0 Å². The highest BCUT2D eigenvalue weighted by Crippen LogP contribution is 2.37. The van der Waals surface area contributed by atoms with E-state index in [4.69, 9.17) is 9.47 Å². The first-order valence-electron chi connectivity index (χ1n) is 5.69. The number of ether oxygens (including phenoxy) is 2. The van der Waals surface area contributed by atoms with E-state index in [9.17, 15) is 9.18 Å². The van der Waals surface area contributed by atoms with Gasteiger partial charge in [0, 0.05) is 6.42 Å². The minimum Gasteiger partial charge on any atom is -0.459 e. The summed E-state index contributed by atoms with van der Waals surface area (Å²) in [5, 5.41) is -0.648. The molecule has 0 bridgehead atoms. The van der Waals surface area contributed by atoms with Crippen LogP contribution < -0.4 is 0 Å². The molecule has 0 saturated carbocycles. The van der Waals surface area contributed by atoms with Crippen LogP contribution >= 0.6 is 15.9 Å². The number of hydrogen-bond donors (Lipinski definition) is 0. The van der Waals surface area contributed by atoms with E-state index in [-0.39, 0.29) is 13.0 Å². The monoisotopic (exact) mass is 316 g/mol. The van der Waals surface area contributed by atoms with Gasteiger partial charge in [0.1, 0.15) is 17.3 Å². The second kappa shape index (κ2) is 5.36. The highest BCUT2D eigenvalue weighted by molar-refractivity contribution is 9.09. The van der Waals surface area contributed by atoms with Crippen molar-refractivity contribution >= 4 is 21.9 Å². The number of halogens is 2. The minimum absolute atomic E-state index is 0.0648. The third-order valence-corrected chi connectivity index (χ3v) is 3.99. The SMILES string of the molecule is C[C@@]1(F)CC(COC(=O)c2ccccc2)OC1Br. The van der Waals surface area contributed by atoms with Crippen LogP contribution in [0.1, 0.15) is 23.7 Å². The van der Waals surface area contributed by atoms with Crippen LogP contribution in [-0.4, -0.2) is 29.4 Å². The first-order valence-corrected chi connectivity index (χ1v) is 6.61. The molecule has 1 heterocycles. The number of carbonyl (C=O) groups is 1. The predicted molar refractivity (Wildman–Crippen MR) is 68.4 cm³/mol. The molecule has 0 spiro atoms. The van der Waals surface area contributed by atoms with Crippen LogP contribution in [-0.2, 0) is 9.47 Å². The lowest BCUT2D eigenvalue weighted by molar-refractivity contribution is 0.00816. The van der Waals surface area contributed by atoms with Crippen molar-refractivity contribution in [3.05, 3.63) is 35.9 Å². The Bertz CT molecular complexity index is 422. The number of esters is 1. The van der Waals surface area contributed by atoms with Crippen molar-refractivity contribution in [3.63, 3.8) is 0 Å².